The van der Waals surface area contributed by atoms with Gasteiger partial charge in [-0.1, -0.05) is 63.7 Å². The Hall–Kier alpha value is -1.23. The van der Waals surface area contributed by atoms with Crippen molar-refractivity contribution >= 4 is 46.4 Å². The van der Waals surface area contributed by atoms with Crippen LogP contribution in [0.1, 0.15) is 5.56 Å². The first-order chi connectivity index (χ1) is 11.0. The molecule has 0 aliphatic carbocycles. The number of benzene rings is 2. The van der Waals surface area contributed by atoms with Crippen molar-refractivity contribution in [2.45, 2.75) is 6.61 Å². The quantitative estimate of drug-likeness (QED) is 0.588. The van der Waals surface area contributed by atoms with Gasteiger partial charge in [0.25, 0.3) is 0 Å². The Morgan fingerprint density at radius 2 is 1.61 bits per heavy atom. The fourth-order valence-electron chi connectivity index (χ4n) is 2.24. The van der Waals surface area contributed by atoms with E-state index in [1.165, 1.54) is 0 Å². The molecule has 3 aromatic rings. The lowest BCUT2D eigenvalue weighted by Crippen LogP contribution is -1.90. The fourth-order valence-corrected chi connectivity index (χ4v) is 3.10. The van der Waals surface area contributed by atoms with E-state index in [1.807, 2.05) is 0 Å². The van der Waals surface area contributed by atoms with E-state index in [0.717, 1.165) is 0 Å². The van der Waals surface area contributed by atoms with Gasteiger partial charge in [0.1, 0.15) is 5.69 Å². The van der Waals surface area contributed by atoms with E-state index < -0.39 is 0 Å². The highest BCUT2D eigenvalue weighted by atomic mass is 35.5. The second-order valence-corrected chi connectivity index (χ2v) is 6.35. The minimum absolute atomic E-state index is 0.296. The number of nitrogens with zero attached hydrogens (tertiary/aromatic N) is 1. The third-order valence-corrected chi connectivity index (χ3v) is 4.70. The Balaban J connectivity index is 2.19. The number of aliphatic hydroxyl groups is 1. The van der Waals surface area contributed by atoms with Crippen LogP contribution in [0.4, 0.5) is 0 Å². The van der Waals surface area contributed by atoms with E-state index in [9.17, 15) is 5.11 Å². The average Bonchev–Trinajstić information content (AvgIpc) is 2.93. The Morgan fingerprint density at radius 3 is 2.22 bits per heavy atom. The van der Waals surface area contributed by atoms with Gasteiger partial charge >= 0.3 is 0 Å². The molecule has 0 fully saturated rings. The zero-order valence-corrected chi connectivity index (χ0v) is 14.5. The summed E-state index contributed by atoms with van der Waals surface area (Å²) in [7, 11) is 0. The van der Waals surface area contributed by atoms with Crippen molar-refractivity contribution < 1.29 is 9.63 Å². The van der Waals surface area contributed by atoms with Crippen LogP contribution in [0.25, 0.3) is 22.6 Å². The van der Waals surface area contributed by atoms with Crippen molar-refractivity contribution in [3.8, 4) is 22.6 Å². The van der Waals surface area contributed by atoms with Crippen LogP contribution in [0.3, 0.4) is 0 Å². The van der Waals surface area contributed by atoms with E-state index in [4.69, 9.17) is 50.9 Å². The maximum absolute atomic E-state index is 9.77. The number of aromatic nitrogens is 1. The summed E-state index contributed by atoms with van der Waals surface area (Å²) in [6.07, 6.45) is 0. The van der Waals surface area contributed by atoms with E-state index >= 15 is 0 Å². The first-order valence-electron chi connectivity index (χ1n) is 6.52. The Morgan fingerprint density at radius 1 is 0.913 bits per heavy atom. The molecule has 23 heavy (non-hydrogen) atoms. The van der Waals surface area contributed by atoms with Gasteiger partial charge in [-0.15, -0.1) is 0 Å². The van der Waals surface area contributed by atoms with E-state index in [1.54, 1.807) is 36.4 Å². The van der Waals surface area contributed by atoms with Crippen molar-refractivity contribution in [1.29, 1.82) is 0 Å². The molecule has 0 bridgehead atoms. The first-order valence-corrected chi connectivity index (χ1v) is 8.03. The van der Waals surface area contributed by atoms with Gasteiger partial charge in [-0.05, 0) is 24.3 Å². The number of hydrogen-bond acceptors (Lipinski definition) is 3. The summed E-state index contributed by atoms with van der Waals surface area (Å²) >= 11 is 24.4. The Bertz CT molecular complexity index is 856. The average molecular weight is 389 g/mol. The molecule has 1 aromatic heterocycles. The molecular weight excluding hydrogens is 380 g/mol. The van der Waals surface area contributed by atoms with Crippen molar-refractivity contribution in [1.82, 2.24) is 5.16 Å². The van der Waals surface area contributed by atoms with Gasteiger partial charge in [0.15, 0.2) is 5.76 Å². The van der Waals surface area contributed by atoms with Crippen molar-refractivity contribution in [2.24, 2.45) is 0 Å². The van der Waals surface area contributed by atoms with Crippen LogP contribution in [0, 0.1) is 0 Å². The van der Waals surface area contributed by atoms with Crippen molar-refractivity contribution in [3.05, 3.63) is 62.1 Å². The predicted octanol–water partition coefficient (Wildman–Crippen LogP) is 6.11. The minimum Gasteiger partial charge on any atom is -0.391 e. The number of halogens is 4. The summed E-state index contributed by atoms with van der Waals surface area (Å²) in [6.45, 7) is -0.296. The topological polar surface area (TPSA) is 46.3 Å². The molecule has 118 valence electrons. The molecule has 3 rings (SSSR count). The third-order valence-electron chi connectivity index (χ3n) is 3.33. The standard InChI is InChI=1S/C16H9Cl4NO2/c17-10-5-4-8(6-13(10)20)15-9(7-22)16(23-21-15)14-11(18)2-1-3-12(14)19/h1-6,22H,7H2. The molecule has 0 atom stereocenters. The third kappa shape index (κ3) is 3.08. The van der Waals surface area contributed by atoms with Gasteiger partial charge in [-0.3, -0.25) is 0 Å². The van der Waals surface area contributed by atoms with Gasteiger partial charge in [0.05, 0.1) is 37.8 Å². The van der Waals surface area contributed by atoms with Gasteiger partial charge in [-0.25, -0.2) is 0 Å². The minimum atomic E-state index is -0.296. The zero-order chi connectivity index (χ0) is 16.6. The normalized spacial score (nSPS) is 11.0. The highest BCUT2D eigenvalue weighted by molar-refractivity contribution is 6.42. The second kappa shape index (κ2) is 6.71. The summed E-state index contributed by atoms with van der Waals surface area (Å²) in [6, 6.07) is 10.1. The van der Waals surface area contributed by atoms with Crippen molar-refractivity contribution in [3.63, 3.8) is 0 Å². The summed E-state index contributed by atoms with van der Waals surface area (Å²) in [4.78, 5) is 0. The zero-order valence-electron chi connectivity index (χ0n) is 11.5. The monoisotopic (exact) mass is 387 g/mol. The number of rotatable bonds is 3. The number of aliphatic hydroxyl groups excluding tert-OH is 1. The van der Waals surface area contributed by atoms with E-state index in [0.29, 0.717) is 48.2 Å². The molecule has 2 aromatic carbocycles. The molecule has 0 aliphatic heterocycles. The van der Waals surface area contributed by atoms with Crippen molar-refractivity contribution in [2.75, 3.05) is 0 Å². The van der Waals surface area contributed by atoms with Crippen LogP contribution >= 0.6 is 46.4 Å². The summed E-state index contributed by atoms with van der Waals surface area (Å²) in [5.41, 5.74) is 2.08. The van der Waals surface area contributed by atoms with Crippen LogP contribution in [-0.2, 0) is 6.61 Å². The van der Waals surface area contributed by atoms with Crippen LogP contribution in [0.2, 0.25) is 20.1 Å². The van der Waals surface area contributed by atoms with Crippen LogP contribution in [0.15, 0.2) is 40.9 Å². The SMILES string of the molecule is OCc1c(-c2ccc(Cl)c(Cl)c2)noc1-c1c(Cl)cccc1Cl. The Labute approximate surface area is 152 Å². The molecular formula is C16H9Cl4NO2. The molecule has 0 radical (unpaired) electrons. The van der Waals surface area contributed by atoms with Gasteiger partial charge < -0.3 is 9.63 Å². The lowest BCUT2D eigenvalue weighted by Gasteiger charge is -2.06. The predicted molar refractivity (Wildman–Crippen MR) is 93.3 cm³/mol. The van der Waals surface area contributed by atoms with Gasteiger partial charge in [0, 0.05) is 5.56 Å². The molecule has 0 aliphatic rings. The molecule has 0 unspecified atom stereocenters. The Kier molecular flexibility index (Phi) is 4.85. The van der Waals surface area contributed by atoms with E-state index in [-0.39, 0.29) is 6.61 Å². The molecule has 0 saturated carbocycles. The molecule has 3 nitrogen and oxygen atoms in total. The molecule has 0 saturated heterocycles. The smallest absolute Gasteiger partial charge is 0.176 e. The highest BCUT2D eigenvalue weighted by Gasteiger charge is 2.22. The van der Waals surface area contributed by atoms with Crippen LogP contribution in [-0.4, -0.2) is 10.3 Å². The van der Waals surface area contributed by atoms with Crippen LogP contribution < -0.4 is 0 Å². The van der Waals surface area contributed by atoms with Gasteiger partial charge in [-0.2, -0.15) is 0 Å². The maximum atomic E-state index is 9.77. The lowest BCUT2D eigenvalue weighted by atomic mass is 10.0. The molecule has 0 amide bonds. The largest absolute Gasteiger partial charge is 0.391 e. The lowest BCUT2D eigenvalue weighted by molar-refractivity contribution is 0.281. The van der Waals surface area contributed by atoms with E-state index in [2.05, 4.69) is 5.16 Å². The molecule has 1 heterocycles. The summed E-state index contributed by atoms with van der Waals surface area (Å²) in [5.74, 6) is 0.323. The first kappa shape index (κ1) is 16.6. The van der Waals surface area contributed by atoms with Crippen LogP contribution in [0.5, 0.6) is 0 Å². The van der Waals surface area contributed by atoms with Gasteiger partial charge in [0.2, 0.25) is 0 Å². The second-order valence-electron chi connectivity index (χ2n) is 4.72. The highest BCUT2D eigenvalue weighted by Crippen LogP contribution is 2.40. The molecule has 1 N–H and O–H groups in total. The summed E-state index contributed by atoms with van der Waals surface area (Å²) < 4.78 is 5.40. The maximum Gasteiger partial charge on any atom is 0.176 e. The molecule has 7 heteroatoms. The number of hydrogen-bond donors (Lipinski definition) is 1. The summed E-state index contributed by atoms with van der Waals surface area (Å²) in [5, 5.41) is 15.4. The fraction of sp³-hybridized carbons (Fsp3) is 0.0625. The molecule has 0 spiro atoms.